The first-order valence-electron chi connectivity index (χ1n) is 8.63. The molecule has 0 unspecified atom stereocenters. The lowest BCUT2D eigenvalue weighted by atomic mass is 10.1. The van der Waals surface area contributed by atoms with Crippen LogP contribution in [-0.2, 0) is 21.2 Å². The Balaban J connectivity index is 1.68. The maximum Gasteiger partial charge on any atom is 0.261 e. The summed E-state index contributed by atoms with van der Waals surface area (Å²) < 4.78 is 27.7. The topological polar surface area (TPSA) is 87.3 Å². The third-order valence-corrected chi connectivity index (χ3v) is 5.58. The third kappa shape index (κ3) is 4.35. The number of amides is 1. The number of hydrogen-bond acceptors (Lipinski definition) is 4. The lowest BCUT2D eigenvalue weighted by Gasteiger charge is -2.11. The standard InChI is InChI=1S/C19H23N3O3S/c1-13(2)9-10-20-15-3-5-16(6-4-15)22-26(24,25)17-7-8-18-14(11-17)12-19(23)21-18/h3-8,11,13,20,22H,9-10,12H2,1-2H3,(H,21,23). The molecule has 3 rings (SSSR count). The zero-order valence-electron chi connectivity index (χ0n) is 14.9. The number of nitrogens with one attached hydrogen (secondary N) is 3. The van der Waals surface area contributed by atoms with Gasteiger partial charge in [-0.2, -0.15) is 0 Å². The molecule has 3 N–H and O–H groups in total. The number of benzene rings is 2. The van der Waals surface area contributed by atoms with E-state index < -0.39 is 10.0 Å². The molecule has 2 aromatic carbocycles. The fourth-order valence-electron chi connectivity index (χ4n) is 2.75. The average molecular weight is 373 g/mol. The number of anilines is 3. The van der Waals surface area contributed by atoms with Crippen molar-refractivity contribution < 1.29 is 13.2 Å². The van der Waals surface area contributed by atoms with Gasteiger partial charge in [-0.3, -0.25) is 9.52 Å². The normalized spacial score (nSPS) is 13.4. The van der Waals surface area contributed by atoms with E-state index in [2.05, 4.69) is 29.2 Å². The number of carbonyl (C=O) groups excluding carboxylic acids is 1. The van der Waals surface area contributed by atoms with E-state index in [1.54, 1.807) is 18.2 Å². The minimum atomic E-state index is -3.70. The van der Waals surface area contributed by atoms with Crippen LogP contribution < -0.4 is 15.4 Å². The molecule has 138 valence electrons. The number of hydrogen-bond donors (Lipinski definition) is 3. The van der Waals surface area contributed by atoms with Crippen LogP contribution in [0.3, 0.4) is 0 Å². The Morgan fingerprint density at radius 1 is 1.08 bits per heavy atom. The van der Waals surface area contributed by atoms with Crippen molar-refractivity contribution in [1.82, 2.24) is 0 Å². The van der Waals surface area contributed by atoms with Gasteiger partial charge in [-0.25, -0.2) is 8.42 Å². The Morgan fingerprint density at radius 3 is 2.46 bits per heavy atom. The summed E-state index contributed by atoms with van der Waals surface area (Å²) in [5.74, 6) is 0.509. The van der Waals surface area contributed by atoms with E-state index in [-0.39, 0.29) is 17.2 Å². The van der Waals surface area contributed by atoms with Gasteiger partial charge in [-0.05, 0) is 60.4 Å². The van der Waals surface area contributed by atoms with Crippen LogP contribution >= 0.6 is 0 Å². The highest BCUT2D eigenvalue weighted by Crippen LogP contribution is 2.27. The van der Waals surface area contributed by atoms with Gasteiger partial charge in [-0.1, -0.05) is 13.8 Å². The minimum Gasteiger partial charge on any atom is -0.385 e. The summed E-state index contributed by atoms with van der Waals surface area (Å²) in [5, 5.41) is 6.01. The van der Waals surface area contributed by atoms with E-state index in [9.17, 15) is 13.2 Å². The van der Waals surface area contributed by atoms with E-state index in [0.717, 1.165) is 18.7 Å². The second kappa shape index (κ2) is 7.37. The van der Waals surface area contributed by atoms with Crippen molar-refractivity contribution in [3.8, 4) is 0 Å². The van der Waals surface area contributed by atoms with Crippen molar-refractivity contribution in [2.24, 2.45) is 5.92 Å². The zero-order valence-corrected chi connectivity index (χ0v) is 15.7. The van der Waals surface area contributed by atoms with Crippen LogP contribution in [-0.4, -0.2) is 20.9 Å². The maximum atomic E-state index is 12.6. The van der Waals surface area contributed by atoms with Gasteiger partial charge < -0.3 is 10.6 Å². The van der Waals surface area contributed by atoms with Crippen molar-refractivity contribution in [2.75, 3.05) is 21.9 Å². The number of fused-ring (bicyclic) bond motifs is 1. The highest BCUT2D eigenvalue weighted by atomic mass is 32.2. The Hall–Kier alpha value is -2.54. The number of sulfonamides is 1. The summed E-state index contributed by atoms with van der Waals surface area (Å²) in [4.78, 5) is 11.6. The van der Waals surface area contributed by atoms with Gasteiger partial charge in [0.1, 0.15) is 0 Å². The minimum absolute atomic E-state index is 0.122. The molecule has 0 bridgehead atoms. The Morgan fingerprint density at radius 2 is 1.77 bits per heavy atom. The summed E-state index contributed by atoms with van der Waals surface area (Å²) >= 11 is 0. The van der Waals surface area contributed by atoms with Crippen LogP contribution in [0.4, 0.5) is 17.1 Å². The van der Waals surface area contributed by atoms with Crippen LogP contribution in [0, 0.1) is 5.92 Å². The van der Waals surface area contributed by atoms with E-state index >= 15 is 0 Å². The first kappa shape index (κ1) is 18.3. The molecule has 0 aromatic heterocycles. The number of carbonyl (C=O) groups is 1. The monoisotopic (exact) mass is 373 g/mol. The predicted octanol–water partition coefficient (Wildman–Crippen LogP) is 3.44. The molecule has 0 saturated heterocycles. The predicted molar refractivity (Wildman–Crippen MR) is 104 cm³/mol. The van der Waals surface area contributed by atoms with Crippen molar-refractivity contribution in [3.63, 3.8) is 0 Å². The molecule has 0 spiro atoms. The van der Waals surface area contributed by atoms with E-state index in [0.29, 0.717) is 22.9 Å². The van der Waals surface area contributed by atoms with Gasteiger partial charge >= 0.3 is 0 Å². The summed E-state index contributed by atoms with van der Waals surface area (Å²) in [7, 11) is -3.70. The molecule has 0 aliphatic carbocycles. The van der Waals surface area contributed by atoms with Gasteiger partial charge in [0.2, 0.25) is 5.91 Å². The summed E-state index contributed by atoms with van der Waals surface area (Å²) in [6, 6.07) is 11.8. The van der Waals surface area contributed by atoms with Gasteiger partial charge in [0.25, 0.3) is 10.0 Å². The Kier molecular flexibility index (Phi) is 5.18. The Labute approximate surface area is 154 Å². The Bertz CT molecular complexity index is 906. The van der Waals surface area contributed by atoms with Crippen LogP contribution in [0.5, 0.6) is 0 Å². The first-order chi connectivity index (χ1) is 12.3. The SMILES string of the molecule is CC(C)CCNc1ccc(NS(=O)(=O)c2ccc3c(c2)CC(=O)N3)cc1. The highest BCUT2D eigenvalue weighted by molar-refractivity contribution is 7.92. The smallest absolute Gasteiger partial charge is 0.261 e. The quantitative estimate of drug-likeness (QED) is 0.694. The van der Waals surface area contributed by atoms with Crippen LogP contribution in [0.25, 0.3) is 0 Å². The molecule has 0 atom stereocenters. The fourth-order valence-corrected chi connectivity index (χ4v) is 3.86. The lowest BCUT2D eigenvalue weighted by Crippen LogP contribution is -2.13. The molecular formula is C19H23N3O3S. The zero-order chi connectivity index (χ0) is 18.7. The molecule has 6 nitrogen and oxygen atoms in total. The molecule has 7 heteroatoms. The molecule has 0 saturated carbocycles. The molecular weight excluding hydrogens is 350 g/mol. The van der Waals surface area contributed by atoms with Gasteiger partial charge in [0.05, 0.1) is 11.3 Å². The van der Waals surface area contributed by atoms with Gasteiger partial charge in [-0.15, -0.1) is 0 Å². The summed E-state index contributed by atoms with van der Waals surface area (Å²) in [6.07, 6.45) is 1.28. The molecule has 2 aromatic rings. The molecule has 0 radical (unpaired) electrons. The second-order valence-corrected chi connectivity index (χ2v) is 8.52. The molecule has 0 fully saturated rings. The maximum absolute atomic E-state index is 12.6. The van der Waals surface area contributed by atoms with Crippen molar-refractivity contribution in [1.29, 1.82) is 0 Å². The highest BCUT2D eigenvalue weighted by Gasteiger charge is 2.21. The van der Waals surface area contributed by atoms with Gasteiger partial charge in [0.15, 0.2) is 0 Å². The van der Waals surface area contributed by atoms with Crippen LogP contribution in [0.2, 0.25) is 0 Å². The third-order valence-electron chi connectivity index (χ3n) is 4.20. The molecule has 26 heavy (non-hydrogen) atoms. The fraction of sp³-hybridized carbons (Fsp3) is 0.316. The summed E-state index contributed by atoms with van der Waals surface area (Å²) in [5.41, 5.74) is 2.82. The van der Waals surface area contributed by atoms with E-state index in [1.165, 1.54) is 12.1 Å². The summed E-state index contributed by atoms with van der Waals surface area (Å²) in [6.45, 7) is 5.22. The van der Waals surface area contributed by atoms with E-state index in [1.807, 2.05) is 12.1 Å². The largest absolute Gasteiger partial charge is 0.385 e. The van der Waals surface area contributed by atoms with Crippen molar-refractivity contribution in [3.05, 3.63) is 48.0 Å². The molecule has 1 heterocycles. The molecule has 1 amide bonds. The van der Waals surface area contributed by atoms with Crippen molar-refractivity contribution >= 4 is 33.0 Å². The van der Waals surface area contributed by atoms with Crippen molar-refractivity contribution in [2.45, 2.75) is 31.6 Å². The lowest BCUT2D eigenvalue weighted by molar-refractivity contribution is -0.115. The molecule has 1 aliphatic rings. The second-order valence-electron chi connectivity index (χ2n) is 6.84. The number of rotatable bonds is 7. The van der Waals surface area contributed by atoms with Crippen LogP contribution in [0.1, 0.15) is 25.8 Å². The average Bonchev–Trinajstić information content (AvgIpc) is 2.95. The molecule has 1 aliphatic heterocycles. The van der Waals surface area contributed by atoms with Crippen LogP contribution in [0.15, 0.2) is 47.4 Å². The first-order valence-corrected chi connectivity index (χ1v) is 10.1. The van der Waals surface area contributed by atoms with E-state index in [4.69, 9.17) is 0 Å². The van der Waals surface area contributed by atoms with Gasteiger partial charge in [0, 0.05) is 23.6 Å².